The smallest absolute Gasteiger partial charge is 0.0184 e. The first-order valence-corrected chi connectivity index (χ1v) is 7.56. The Kier molecular flexibility index (Phi) is 7.42. The van der Waals surface area contributed by atoms with Crippen LogP contribution in [-0.4, -0.2) is 0 Å². The van der Waals surface area contributed by atoms with Crippen LogP contribution in [0.1, 0.15) is 37.8 Å². The summed E-state index contributed by atoms with van der Waals surface area (Å²) in [5.74, 6) is 0. The Hall–Kier alpha value is -1.82. The molecule has 0 saturated heterocycles. The van der Waals surface area contributed by atoms with E-state index < -0.39 is 0 Å². The highest BCUT2D eigenvalue weighted by Gasteiger charge is 1.98. The number of allylic oxidation sites excluding steroid dienone is 1. The summed E-state index contributed by atoms with van der Waals surface area (Å²) < 4.78 is 0. The predicted molar refractivity (Wildman–Crippen MR) is 91.1 cm³/mol. The molecule has 2 aromatic rings. The van der Waals surface area contributed by atoms with Gasteiger partial charge >= 0.3 is 0 Å². The lowest BCUT2D eigenvalue weighted by molar-refractivity contribution is 0.844. The Balaban J connectivity index is 0.000000956. The van der Waals surface area contributed by atoms with Gasteiger partial charge in [0.1, 0.15) is 0 Å². The lowest BCUT2D eigenvalue weighted by Crippen LogP contribution is -1.85. The molecule has 2 rings (SSSR count). The van der Waals surface area contributed by atoms with Crippen molar-refractivity contribution in [2.24, 2.45) is 0 Å². The average molecular weight is 266 g/mol. The van der Waals surface area contributed by atoms with Gasteiger partial charge in [-0.2, -0.15) is 0 Å². The quantitative estimate of drug-likeness (QED) is 0.446. The van der Waals surface area contributed by atoms with E-state index in [1.165, 1.54) is 28.7 Å². The summed E-state index contributed by atoms with van der Waals surface area (Å²) in [6.07, 6.45) is 5.41. The number of unbranched alkanes of at least 4 members (excludes halogenated alkanes) is 1. The minimum Gasteiger partial charge on any atom is -0.103 e. The molecule has 0 radical (unpaired) electrons. The van der Waals surface area contributed by atoms with Crippen molar-refractivity contribution in [2.75, 3.05) is 0 Å². The zero-order valence-corrected chi connectivity index (χ0v) is 13.0. The third kappa shape index (κ3) is 5.05. The standard InChI is InChI=1S/C18H20.C2H6/c1-3-4-5-6-16-9-13-18(14-10-16)17-11-7-15(2)8-12-17;1-2/h3,7-14H,1,4-6H2,2H3;1-2H3. The van der Waals surface area contributed by atoms with Gasteiger partial charge in [-0.05, 0) is 42.9 Å². The molecule has 20 heavy (non-hydrogen) atoms. The van der Waals surface area contributed by atoms with E-state index in [2.05, 4.69) is 62.0 Å². The van der Waals surface area contributed by atoms with Crippen LogP contribution in [0.15, 0.2) is 61.2 Å². The molecule has 0 aromatic heterocycles. The average Bonchev–Trinajstić information content (AvgIpc) is 2.51. The van der Waals surface area contributed by atoms with Gasteiger partial charge in [0, 0.05) is 0 Å². The van der Waals surface area contributed by atoms with Crippen molar-refractivity contribution >= 4 is 0 Å². The van der Waals surface area contributed by atoms with Crippen LogP contribution in [0.2, 0.25) is 0 Å². The SMILES string of the molecule is C=CCCCc1ccc(-c2ccc(C)cc2)cc1.CC. The Morgan fingerprint density at radius 3 is 1.85 bits per heavy atom. The third-order valence-electron chi connectivity index (χ3n) is 3.21. The van der Waals surface area contributed by atoms with Gasteiger partial charge in [-0.3, -0.25) is 0 Å². The summed E-state index contributed by atoms with van der Waals surface area (Å²) in [6, 6.07) is 17.6. The minimum absolute atomic E-state index is 1.10. The van der Waals surface area contributed by atoms with Crippen LogP contribution < -0.4 is 0 Å². The van der Waals surface area contributed by atoms with E-state index >= 15 is 0 Å². The molecule has 0 aliphatic rings. The summed E-state index contributed by atoms with van der Waals surface area (Å²) in [7, 11) is 0. The van der Waals surface area contributed by atoms with Gasteiger partial charge in [-0.1, -0.05) is 74.0 Å². The topological polar surface area (TPSA) is 0 Å². The van der Waals surface area contributed by atoms with Gasteiger partial charge < -0.3 is 0 Å². The zero-order valence-electron chi connectivity index (χ0n) is 13.0. The summed E-state index contributed by atoms with van der Waals surface area (Å²) in [4.78, 5) is 0. The molecule has 106 valence electrons. The van der Waals surface area contributed by atoms with Crippen molar-refractivity contribution in [1.82, 2.24) is 0 Å². The van der Waals surface area contributed by atoms with E-state index in [1.807, 2.05) is 19.9 Å². The molecule has 0 N–H and O–H groups in total. The van der Waals surface area contributed by atoms with Gasteiger partial charge in [-0.15, -0.1) is 6.58 Å². The minimum atomic E-state index is 1.10. The molecular weight excluding hydrogens is 240 g/mol. The second-order valence-corrected chi connectivity index (χ2v) is 4.74. The number of rotatable bonds is 5. The Morgan fingerprint density at radius 1 is 0.850 bits per heavy atom. The largest absolute Gasteiger partial charge is 0.103 e. The molecule has 0 unspecified atom stereocenters. The number of benzene rings is 2. The van der Waals surface area contributed by atoms with Gasteiger partial charge in [0.2, 0.25) is 0 Å². The molecule has 0 amide bonds. The molecule has 0 heteroatoms. The summed E-state index contributed by atoms with van der Waals surface area (Å²) in [5, 5.41) is 0. The third-order valence-corrected chi connectivity index (χ3v) is 3.21. The summed E-state index contributed by atoms with van der Waals surface area (Å²) >= 11 is 0. The highest BCUT2D eigenvalue weighted by Crippen LogP contribution is 2.20. The normalized spacial score (nSPS) is 9.55. The van der Waals surface area contributed by atoms with Crippen molar-refractivity contribution in [2.45, 2.75) is 40.0 Å². The summed E-state index contributed by atoms with van der Waals surface area (Å²) in [6.45, 7) is 9.87. The van der Waals surface area contributed by atoms with Gasteiger partial charge in [0.15, 0.2) is 0 Å². The van der Waals surface area contributed by atoms with Crippen LogP contribution in [0.3, 0.4) is 0 Å². The van der Waals surface area contributed by atoms with Crippen molar-refractivity contribution in [3.05, 3.63) is 72.3 Å². The van der Waals surface area contributed by atoms with E-state index in [0.29, 0.717) is 0 Å². The van der Waals surface area contributed by atoms with Gasteiger partial charge in [-0.25, -0.2) is 0 Å². The molecule has 0 nitrogen and oxygen atoms in total. The lowest BCUT2D eigenvalue weighted by atomic mass is 10.0. The zero-order chi connectivity index (χ0) is 14.8. The van der Waals surface area contributed by atoms with Crippen LogP contribution in [0.4, 0.5) is 0 Å². The summed E-state index contributed by atoms with van der Waals surface area (Å²) in [5.41, 5.74) is 5.30. The van der Waals surface area contributed by atoms with Gasteiger partial charge in [0.25, 0.3) is 0 Å². The number of aryl methyl sites for hydroxylation is 2. The molecule has 0 saturated carbocycles. The molecule has 2 aromatic carbocycles. The fraction of sp³-hybridized carbons (Fsp3) is 0.300. The molecular formula is C20H26. The van der Waals surface area contributed by atoms with Gasteiger partial charge in [0.05, 0.1) is 0 Å². The van der Waals surface area contributed by atoms with E-state index in [-0.39, 0.29) is 0 Å². The van der Waals surface area contributed by atoms with Crippen molar-refractivity contribution in [3.63, 3.8) is 0 Å². The maximum atomic E-state index is 3.75. The van der Waals surface area contributed by atoms with Crippen LogP contribution in [0.25, 0.3) is 11.1 Å². The number of hydrogen-bond donors (Lipinski definition) is 0. The first-order valence-electron chi connectivity index (χ1n) is 7.56. The Morgan fingerprint density at radius 2 is 1.35 bits per heavy atom. The van der Waals surface area contributed by atoms with E-state index in [9.17, 15) is 0 Å². The molecule has 0 spiro atoms. The monoisotopic (exact) mass is 266 g/mol. The van der Waals surface area contributed by atoms with E-state index in [0.717, 1.165) is 12.8 Å². The maximum Gasteiger partial charge on any atom is -0.0184 e. The van der Waals surface area contributed by atoms with Crippen molar-refractivity contribution < 1.29 is 0 Å². The highest BCUT2D eigenvalue weighted by atomic mass is 14.0. The fourth-order valence-electron chi connectivity index (χ4n) is 2.06. The first kappa shape index (κ1) is 16.2. The van der Waals surface area contributed by atoms with Crippen molar-refractivity contribution in [1.29, 1.82) is 0 Å². The van der Waals surface area contributed by atoms with Crippen LogP contribution in [-0.2, 0) is 6.42 Å². The molecule has 0 aliphatic carbocycles. The maximum absolute atomic E-state index is 3.75. The number of hydrogen-bond acceptors (Lipinski definition) is 0. The molecule has 0 atom stereocenters. The molecule has 0 bridgehead atoms. The van der Waals surface area contributed by atoms with E-state index in [1.54, 1.807) is 0 Å². The first-order chi connectivity index (χ1) is 9.79. The van der Waals surface area contributed by atoms with Crippen LogP contribution >= 0.6 is 0 Å². The highest BCUT2D eigenvalue weighted by molar-refractivity contribution is 5.63. The molecule has 0 fully saturated rings. The molecule has 0 aliphatic heterocycles. The van der Waals surface area contributed by atoms with Crippen molar-refractivity contribution in [3.8, 4) is 11.1 Å². The van der Waals surface area contributed by atoms with Crippen LogP contribution in [0.5, 0.6) is 0 Å². The second-order valence-electron chi connectivity index (χ2n) is 4.74. The molecule has 0 heterocycles. The van der Waals surface area contributed by atoms with E-state index in [4.69, 9.17) is 0 Å². The predicted octanol–water partition coefficient (Wildman–Crippen LogP) is 6.20. The second kappa shape index (κ2) is 9.14. The van der Waals surface area contributed by atoms with Crippen LogP contribution in [0, 0.1) is 6.92 Å². The Bertz CT molecular complexity index is 489. The lowest BCUT2D eigenvalue weighted by Gasteiger charge is -2.04. The Labute approximate surface area is 124 Å². The fourth-order valence-corrected chi connectivity index (χ4v) is 2.06.